The molecule has 1 aromatic carbocycles. The minimum Gasteiger partial charge on any atom is -0.368 e. The van der Waals surface area contributed by atoms with Gasteiger partial charge in [0.05, 0.1) is 6.04 Å². The number of benzene rings is 1. The third-order valence-corrected chi connectivity index (χ3v) is 3.20. The molecule has 1 aromatic rings. The van der Waals surface area contributed by atoms with Gasteiger partial charge in [-0.15, -0.1) is 0 Å². The Bertz CT molecular complexity index is 400. The number of nitrogens with zero attached hydrogens (tertiary/aromatic N) is 1. The molecule has 1 fully saturated rings. The molecule has 0 aromatic heterocycles. The molecule has 4 heteroatoms. The molecule has 0 heterocycles. The summed E-state index contributed by atoms with van der Waals surface area (Å²) in [6.07, 6.45) is 2.22. The number of hydrogen-bond donors (Lipinski definition) is 1. The zero-order valence-electron chi connectivity index (χ0n) is 9.90. The van der Waals surface area contributed by atoms with Crippen molar-refractivity contribution in [3.8, 4) is 0 Å². The number of hydrogen-bond acceptors (Lipinski definition) is 2. The molecule has 2 N–H and O–H groups in total. The molecular formula is C13H17FN2O. The van der Waals surface area contributed by atoms with Gasteiger partial charge in [-0.25, -0.2) is 4.39 Å². The van der Waals surface area contributed by atoms with Gasteiger partial charge in [0, 0.05) is 12.6 Å². The van der Waals surface area contributed by atoms with Crippen LogP contribution in [0.3, 0.4) is 0 Å². The topological polar surface area (TPSA) is 46.3 Å². The fraction of sp³-hybridized carbons (Fsp3) is 0.462. The number of carbonyl (C=O) groups is 1. The minimum absolute atomic E-state index is 0.241. The van der Waals surface area contributed by atoms with Crippen LogP contribution >= 0.6 is 0 Å². The number of carbonyl (C=O) groups excluding carboxylic acids is 1. The van der Waals surface area contributed by atoms with Gasteiger partial charge in [0.2, 0.25) is 5.91 Å². The highest BCUT2D eigenvalue weighted by atomic mass is 19.1. The van der Waals surface area contributed by atoms with Gasteiger partial charge in [-0.2, -0.15) is 0 Å². The van der Waals surface area contributed by atoms with Crippen molar-refractivity contribution in [1.29, 1.82) is 0 Å². The van der Waals surface area contributed by atoms with Crippen LogP contribution in [0.5, 0.6) is 0 Å². The molecule has 0 unspecified atom stereocenters. The molecule has 92 valence electrons. The van der Waals surface area contributed by atoms with E-state index in [0.717, 1.165) is 18.4 Å². The minimum atomic E-state index is -0.306. The quantitative estimate of drug-likeness (QED) is 0.845. The number of halogens is 1. The van der Waals surface area contributed by atoms with Crippen molar-refractivity contribution in [2.75, 3.05) is 0 Å². The number of rotatable bonds is 5. The maximum atomic E-state index is 12.8. The van der Waals surface area contributed by atoms with Crippen LogP contribution in [0, 0.1) is 5.82 Å². The standard InChI is InChI=1S/C13H17FN2O/c1-9(13(15)17)16(12-6-7-12)8-10-2-4-11(14)5-3-10/h2-5,9,12H,6-8H2,1H3,(H2,15,17)/t9-/m1/s1. The summed E-state index contributed by atoms with van der Waals surface area (Å²) in [5.41, 5.74) is 6.35. The second-order valence-corrected chi connectivity index (χ2v) is 4.61. The van der Waals surface area contributed by atoms with Crippen LogP contribution < -0.4 is 5.73 Å². The average molecular weight is 236 g/mol. The Morgan fingerprint density at radius 3 is 2.53 bits per heavy atom. The molecular weight excluding hydrogens is 219 g/mol. The first-order chi connectivity index (χ1) is 8.08. The molecule has 1 amide bonds. The summed E-state index contributed by atoms with van der Waals surface area (Å²) in [7, 11) is 0. The van der Waals surface area contributed by atoms with Crippen LogP contribution in [-0.4, -0.2) is 22.9 Å². The Balaban J connectivity index is 2.07. The van der Waals surface area contributed by atoms with Gasteiger partial charge < -0.3 is 5.73 Å². The van der Waals surface area contributed by atoms with E-state index in [1.54, 1.807) is 12.1 Å². The predicted molar refractivity (Wildman–Crippen MR) is 63.6 cm³/mol. The van der Waals surface area contributed by atoms with E-state index in [1.807, 2.05) is 6.92 Å². The lowest BCUT2D eigenvalue weighted by Gasteiger charge is -2.26. The summed E-state index contributed by atoms with van der Waals surface area (Å²) in [6.45, 7) is 2.47. The molecule has 0 radical (unpaired) electrons. The van der Waals surface area contributed by atoms with Crippen molar-refractivity contribution in [3.05, 3.63) is 35.6 Å². The zero-order valence-corrected chi connectivity index (χ0v) is 9.90. The first kappa shape index (κ1) is 12.0. The van der Waals surface area contributed by atoms with Gasteiger partial charge in [-0.1, -0.05) is 12.1 Å². The molecule has 1 aliphatic rings. The second-order valence-electron chi connectivity index (χ2n) is 4.61. The maximum Gasteiger partial charge on any atom is 0.234 e. The Morgan fingerprint density at radius 2 is 2.06 bits per heavy atom. The van der Waals surface area contributed by atoms with E-state index >= 15 is 0 Å². The fourth-order valence-electron chi connectivity index (χ4n) is 1.95. The van der Waals surface area contributed by atoms with Crippen LogP contribution in [0.4, 0.5) is 4.39 Å². The third kappa shape index (κ3) is 3.03. The van der Waals surface area contributed by atoms with E-state index < -0.39 is 0 Å². The van der Waals surface area contributed by atoms with Gasteiger partial charge in [0.1, 0.15) is 5.82 Å². The van der Waals surface area contributed by atoms with Gasteiger partial charge in [0.15, 0.2) is 0 Å². The molecule has 17 heavy (non-hydrogen) atoms. The number of primary amides is 1. The van der Waals surface area contributed by atoms with Gasteiger partial charge in [-0.05, 0) is 37.5 Å². The van der Waals surface area contributed by atoms with Crippen molar-refractivity contribution < 1.29 is 9.18 Å². The Kier molecular flexibility index (Phi) is 3.43. The highest BCUT2D eigenvalue weighted by molar-refractivity contribution is 5.79. The summed E-state index contributed by atoms with van der Waals surface area (Å²) >= 11 is 0. The predicted octanol–water partition coefficient (Wildman–Crippen LogP) is 1.66. The highest BCUT2D eigenvalue weighted by Gasteiger charge is 2.34. The summed E-state index contributed by atoms with van der Waals surface area (Å²) in [5, 5.41) is 0. The van der Waals surface area contributed by atoms with E-state index in [2.05, 4.69) is 4.90 Å². The van der Waals surface area contributed by atoms with Gasteiger partial charge in [-0.3, -0.25) is 9.69 Å². The van der Waals surface area contributed by atoms with E-state index in [-0.39, 0.29) is 17.8 Å². The monoisotopic (exact) mass is 236 g/mol. The van der Waals surface area contributed by atoms with Gasteiger partial charge in [0.25, 0.3) is 0 Å². The Hall–Kier alpha value is -1.42. The van der Waals surface area contributed by atoms with E-state index in [4.69, 9.17) is 5.73 Å². The van der Waals surface area contributed by atoms with Gasteiger partial charge >= 0.3 is 0 Å². The zero-order chi connectivity index (χ0) is 12.4. The van der Waals surface area contributed by atoms with E-state index in [9.17, 15) is 9.18 Å². The third-order valence-electron chi connectivity index (χ3n) is 3.20. The molecule has 2 rings (SSSR count). The second kappa shape index (κ2) is 4.84. The summed E-state index contributed by atoms with van der Waals surface area (Å²) in [4.78, 5) is 13.3. The maximum absolute atomic E-state index is 12.8. The van der Waals surface area contributed by atoms with E-state index in [1.165, 1.54) is 12.1 Å². The summed E-state index contributed by atoms with van der Waals surface area (Å²) < 4.78 is 12.8. The SMILES string of the molecule is C[C@H](C(N)=O)N(Cc1ccc(F)cc1)C1CC1. The molecule has 3 nitrogen and oxygen atoms in total. The van der Waals surface area contributed by atoms with Crippen molar-refractivity contribution in [1.82, 2.24) is 4.90 Å². The molecule has 0 aliphatic heterocycles. The number of amides is 1. The van der Waals surface area contributed by atoms with Crippen molar-refractivity contribution in [3.63, 3.8) is 0 Å². The van der Waals surface area contributed by atoms with Crippen molar-refractivity contribution >= 4 is 5.91 Å². The normalized spacial score (nSPS) is 17.1. The van der Waals surface area contributed by atoms with Crippen LogP contribution in [-0.2, 0) is 11.3 Å². The fourth-order valence-corrected chi connectivity index (χ4v) is 1.95. The molecule has 1 saturated carbocycles. The highest BCUT2D eigenvalue weighted by Crippen LogP contribution is 2.30. The van der Waals surface area contributed by atoms with Crippen LogP contribution in [0.15, 0.2) is 24.3 Å². The van der Waals surface area contributed by atoms with Crippen molar-refractivity contribution in [2.24, 2.45) is 5.73 Å². The first-order valence-electron chi connectivity index (χ1n) is 5.87. The Labute approximate surface area is 100 Å². The smallest absolute Gasteiger partial charge is 0.234 e. The number of nitrogens with two attached hydrogens (primary N) is 1. The molecule has 0 saturated heterocycles. The van der Waals surface area contributed by atoms with E-state index in [0.29, 0.717) is 12.6 Å². The summed E-state index contributed by atoms with van der Waals surface area (Å²) in [5.74, 6) is -0.548. The largest absolute Gasteiger partial charge is 0.368 e. The van der Waals surface area contributed by atoms with Crippen LogP contribution in [0.2, 0.25) is 0 Å². The molecule has 0 spiro atoms. The molecule has 1 atom stereocenters. The van der Waals surface area contributed by atoms with Crippen LogP contribution in [0.25, 0.3) is 0 Å². The summed E-state index contributed by atoms with van der Waals surface area (Å²) in [6, 6.07) is 6.55. The van der Waals surface area contributed by atoms with Crippen LogP contribution in [0.1, 0.15) is 25.3 Å². The lowest BCUT2D eigenvalue weighted by atomic mass is 10.1. The Morgan fingerprint density at radius 1 is 1.47 bits per heavy atom. The average Bonchev–Trinajstić information content (AvgIpc) is 3.11. The lowest BCUT2D eigenvalue weighted by molar-refractivity contribution is -0.123. The van der Waals surface area contributed by atoms with Crippen molar-refractivity contribution in [2.45, 2.75) is 38.4 Å². The molecule has 0 bridgehead atoms. The molecule has 1 aliphatic carbocycles. The lowest BCUT2D eigenvalue weighted by Crippen LogP contribution is -2.43. The first-order valence-corrected chi connectivity index (χ1v) is 5.87.